The molecule has 0 aliphatic carbocycles. The minimum absolute atomic E-state index is 0.107. The Morgan fingerprint density at radius 2 is 1.84 bits per heavy atom. The first kappa shape index (κ1) is 20.0. The van der Waals surface area contributed by atoms with E-state index in [2.05, 4.69) is 41.1 Å². The molecule has 2 aromatic heterocycles. The summed E-state index contributed by atoms with van der Waals surface area (Å²) in [6.07, 6.45) is 1.80. The van der Waals surface area contributed by atoms with Crippen LogP contribution in [0.3, 0.4) is 0 Å². The highest BCUT2D eigenvalue weighted by molar-refractivity contribution is 6.22. The van der Waals surface area contributed by atoms with Gasteiger partial charge in [-0.2, -0.15) is 0 Å². The predicted molar refractivity (Wildman–Crippen MR) is 130 cm³/mol. The number of H-pyrrole nitrogens is 1. The largest absolute Gasteiger partial charge is 0.494 e. The number of para-hydroxylation sites is 1. The van der Waals surface area contributed by atoms with Gasteiger partial charge in [0.05, 0.1) is 34.3 Å². The molecule has 0 aliphatic heterocycles. The van der Waals surface area contributed by atoms with Crippen LogP contribution in [0.25, 0.3) is 21.9 Å². The Bertz CT molecular complexity index is 1440. The van der Waals surface area contributed by atoms with Gasteiger partial charge in [-0.1, -0.05) is 36.4 Å². The second kappa shape index (κ2) is 7.98. The fraction of sp³-hybridized carbons (Fsp3) is 0.154. The zero-order chi connectivity index (χ0) is 22.2. The maximum Gasteiger partial charge on any atom is 0.199 e. The summed E-state index contributed by atoms with van der Waals surface area (Å²) >= 11 is 0. The molecule has 0 saturated carbocycles. The molecule has 0 atom stereocenters. The summed E-state index contributed by atoms with van der Waals surface area (Å²) in [5.74, 6) is 0.107. The molecule has 0 saturated heterocycles. The molecule has 2 N–H and O–H groups in total. The molecule has 0 fully saturated rings. The maximum absolute atomic E-state index is 10.8. The van der Waals surface area contributed by atoms with E-state index in [-0.39, 0.29) is 5.88 Å². The number of nitrogens with one attached hydrogen (secondary N) is 1. The summed E-state index contributed by atoms with van der Waals surface area (Å²) < 4.78 is 1.99. The highest BCUT2D eigenvalue weighted by Gasteiger charge is 2.19. The predicted octanol–water partition coefficient (Wildman–Crippen LogP) is 4.99. The van der Waals surface area contributed by atoms with E-state index in [1.807, 2.05) is 66.2 Å². The highest BCUT2D eigenvalue weighted by Crippen LogP contribution is 2.32. The summed E-state index contributed by atoms with van der Waals surface area (Å²) in [5.41, 5.74) is 7.14. The number of hydrogen-bond acceptors (Lipinski definition) is 4. The summed E-state index contributed by atoms with van der Waals surface area (Å²) in [6, 6.07) is 22.2. The van der Waals surface area contributed by atoms with Crippen LogP contribution < -0.4 is 0 Å². The Hall–Kier alpha value is -3.90. The number of aromatic nitrogens is 3. The summed E-state index contributed by atoms with van der Waals surface area (Å²) in [5, 5.41) is 11.8. The molecule has 0 radical (unpaired) electrons. The lowest BCUT2D eigenvalue weighted by atomic mass is 10.00. The van der Waals surface area contributed by atoms with Gasteiger partial charge < -0.3 is 19.6 Å². The van der Waals surface area contributed by atoms with Crippen molar-refractivity contribution in [1.29, 1.82) is 0 Å². The fourth-order valence-corrected chi connectivity index (χ4v) is 4.09. The Morgan fingerprint density at radius 1 is 1.06 bits per heavy atom. The molecule has 0 aliphatic rings. The van der Waals surface area contributed by atoms with Crippen molar-refractivity contribution >= 4 is 33.3 Å². The van der Waals surface area contributed by atoms with Crippen molar-refractivity contribution in [1.82, 2.24) is 19.4 Å². The number of rotatable bonds is 5. The number of aromatic hydroxyl groups is 1. The minimum atomic E-state index is 0.107. The van der Waals surface area contributed by atoms with Gasteiger partial charge in [-0.3, -0.25) is 0 Å². The first-order chi connectivity index (χ1) is 15.5. The van der Waals surface area contributed by atoms with E-state index in [4.69, 9.17) is 4.99 Å². The summed E-state index contributed by atoms with van der Waals surface area (Å²) in [4.78, 5) is 14.7. The molecule has 160 valence electrons. The lowest BCUT2D eigenvalue weighted by Crippen LogP contribution is -2.10. The van der Waals surface area contributed by atoms with Crippen LogP contribution in [0.15, 0.2) is 78.0 Å². The molecule has 5 aromatic rings. The molecule has 0 unspecified atom stereocenters. The topological polar surface area (TPSA) is 69.4 Å². The van der Waals surface area contributed by atoms with Gasteiger partial charge in [0.15, 0.2) is 5.88 Å². The van der Waals surface area contributed by atoms with Crippen LogP contribution in [0.1, 0.15) is 16.7 Å². The number of aryl methyl sites for hydroxylation is 1. The van der Waals surface area contributed by atoms with Gasteiger partial charge in [-0.25, -0.2) is 9.98 Å². The molecule has 5 rings (SSSR count). The molecule has 0 bridgehead atoms. The van der Waals surface area contributed by atoms with Gasteiger partial charge in [0.2, 0.25) is 0 Å². The highest BCUT2D eigenvalue weighted by atomic mass is 16.3. The van der Waals surface area contributed by atoms with E-state index >= 15 is 0 Å². The SMILES string of the molecule is CN(C)Cc1ccc(N=C(c2ccc3c(c2)ncn3C)c2c(O)[nH]c3ccccc23)cc1. The number of imidazole rings is 1. The van der Waals surface area contributed by atoms with Crippen LogP contribution in [-0.2, 0) is 13.6 Å². The molecule has 2 heterocycles. The van der Waals surface area contributed by atoms with Crippen LogP contribution in [0.4, 0.5) is 5.69 Å². The molecule has 6 nitrogen and oxygen atoms in total. The Kier molecular flexibility index (Phi) is 4.99. The molecular formula is C26H25N5O. The third-order valence-corrected chi connectivity index (χ3v) is 5.60. The molecule has 3 aromatic carbocycles. The number of hydrogen-bond donors (Lipinski definition) is 2. The smallest absolute Gasteiger partial charge is 0.199 e. The van der Waals surface area contributed by atoms with Crippen LogP contribution >= 0.6 is 0 Å². The average Bonchev–Trinajstić information content (AvgIpc) is 3.31. The molecule has 0 spiro atoms. The first-order valence-corrected chi connectivity index (χ1v) is 10.5. The van der Waals surface area contributed by atoms with Crippen molar-refractivity contribution in [3.05, 3.63) is 89.7 Å². The van der Waals surface area contributed by atoms with E-state index in [1.54, 1.807) is 6.33 Å². The lowest BCUT2D eigenvalue weighted by Gasteiger charge is -2.11. The second-order valence-corrected chi connectivity index (χ2v) is 8.32. The molecular weight excluding hydrogens is 398 g/mol. The standard InChI is InChI=1S/C26H25N5O/c1-30(2)15-17-8-11-19(12-9-17)28-25(18-10-13-23-22(14-18)27-16-31(23)3)24-20-6-4-5-7-21(20)29-26(24)32/h4-14,16,29,32H,15H2,1-3H3. The quantitative estimate of drug-likeness (QED) is 0.391. The number of nitrogens with zero attached hydrogens (tertiary/aromatic N) is 4. The third-order valence-electron chi connectivity index (χ3n) is 5.60. The zero-order valence-electron chi connectivity index (χ0n) is 18.4. The van der Waals surface area contributed by atoms with Crippen LogP contribution in [0.5, 0.6) is 5.88 Å². The van der Waals surface area contributed by atoms with E-state index < -0.39 is 0 Å². The van der Waals surface area contributed by atoms with Crippen molar-refractivity contribution in [2.45, 2.75) is 6.54 Å². The van der Waals surface area contributed by atoms with Gasteiger partial charge in [-0.05, 0) is 50.0 Å². The van der Waals surface area contributed by atoms with Gasteiger partial charge in [0.25, 0.3) is 0 Å². The first-order valence-electron chi connectivity index (χ1n) is 10.5. The lowest BCUT2D eigenvalue weighted by molar-refractivity contribution is 0.402. The Morgan fingerprint density at radius 3 is 2.62 bits per heavy atom. The van der Waals surface area contributed by atoms with Crippen LogP contribution in [-0.4, -0.2) is 44.3 Å². The maximum atomic E-state index is 10.8. The van der Waals surface area contributed by atoms with E-state index in [0.717, 1.165) is 39.7 Å². The molecule has 0 amide bonds. The summed E-state index contributed by atoms with van der Waals surface area (Å²) in [6.45, 7) is 0.871. The Balaban J connectivity index is 1.69. The second-order valence-electron chi connectivity index (χ2n) is 8.32. The fourth-order valence-electron chi connectivity index (χ4n) is 4.09. The molecule has 32 heavy (non-hydrogen) atoms. The van der Waals surface area contributed by atoms with Crippen molar-refractivity contribution in [2.75, 3.05) is 14.1 Å². The van der Waals surface area contributed by atoms with E-state index in [9.17, 15) is 5.11 Å². The number of fused-ring (bicyclic) bond motifs is 2. The number of benzene rings is 3. The van der Waals surface area contributed by atoms with E-state index in [0.29, 0.717) is 11.3 Å². The average molecular weight is 424 g/mol. The van der Waals surface area contributed by atoms with Crippen molar-refractivity contribution in [3.63, 3.8) is 0 Å². The van der Waals surface area contributed by atoms with Gasteiger partial charge in [0, 0.05) is 30.1 Å². The van der Waals surface area contributed by atoms with Crippen molar-refractivity contribution < 1.29 is 5.11 Å². The minimum Gasteiger partial charge on any atom is -0.494 e. The number of aromatic amines is 1. The number of aliphatic imine (C=N–C) groups is 1. The third kappa shape index (κ3) is 3.65. The van der Waals surface area contributed by atoms with Gasteiger partial charge >= 0.3 is 0 Å². The van der Waals surface area contributed by atoms with Crippen molar-refractivity contribution in [3.8, 4) is 5.88 Å². The van der Waals surface area contributed by atoms with Gasteiger partial charge in [-0.15, -0.1) is 0 Å². The van der Waals surface area contributed by atoms with Crippen molar-refractivity contribution in [2.24, 2.45) is 12.0 Å². The van der Waals surface area contributed by atoms with Crippen LogP contribution in [0, 0.1) is 0 Å². The Labute approximate surface area is 186 Å². The van der Waals surface area contributed by atoms with Gasteiger partial charge in [0.1, 0.15) is 0 Å². The monoisotopic (exact) mass is 423 g/mol. The normalized spacial score (nSPS) is 12.3. The summed E-state index contributed by atoms with van der Waals surface area (Å²) in [7, 11) is 6.08. The zero-order valence-corrected chi connectivity index (χ0v) is 18.4. The van der Waals surface area contributed by atoms with Crippen LogP contribution in [0.2, 0.25) is 0 Å². The molecule has 6 heteroatoms. The van der Waals surface area contributed by atoms with E-state index in [1.165, 1.54) is 5.56 Å².